The second kappa shape index (κ2) is 9.47. The zero-order valence-corrected chi connectivity index (χ0v) is 14.9. The molecule has 0 aliphatic carbocycles. The van der Waals surface area contributed by atoms with Crippen LogP contribution in [0.5, 0.6) is 11.5 Å². The molecule has 0 aliphatic rings. The lowest BCUT2D eigenvalue weighted by molar-refractivity contribution is -0.124. The number of carbonyl (C=O) groups is 1. The second-order valence-corrected chi connectivity index (χ2v) is 5.67. The van der Waals surface area contributed by atoms with Crippen molar-refractivity contribution in [3.63, 3.8) is 0 Å². The fourth-order valence-corrected chi connectivity index (χ4v) is 2.44. The third-order valence-corrected chi connectivity index (χ3v) is 3.89. The number of hydrogen-bond donors (Lipinski definition) is 0. The minimum Gasteiger partial charge on any atom is -0.493 e. The van der Waals surface area contributed by atoms with Crippen LogP contribution in [-0.2, 0) is 11.2 Å². The monoisotopic (exact) mass is 340 g/mol. The Labute approximate surface area is 148 Å². The summed E-state index contributed by atoms with van der Waals surface area (Å²) < 4.78 is 10.6. The number of nitrogens with zero attached hydrogens (tertiary/aromatic N) is 2. The van der Waals surface area contributed by atoms with Crippen LogP contribution in [0.4, 0.5) is 0 Å². The molecule has 2 rings (SSSR count). The maximum atomic E-state index is 12.1. The lowest BCUT2D eigenvalue weighted by Gasteiger charge is -2.15. The van der Waals surface area contributed by atoms with E-state index in [0.29, 0.717) is 6.54 Å². The molecule has 0 saturated carbocycles. The van der Waals surface area contributed by atoms with Crippen molar-refractivity contribution in [3.05, 3.63) is 59.9 Å². The molecule has 0 aliphatic heterocycles. The number of amides is 1. The third-order valence-electron chi connectivity index (χ3n) is 3.89. The molecular weight excluding hydrogens is 316 g/mol. The number of methoxy groups -OCH3 is 2. The van der Waals surface area contributed by atoms with Gasteiger partial charge in [-0.3, -0.25) is 9.78 Å². The maximum Gasteiger partial charge on any atom is 0.246 e. The number of ether oxygens (including phenoxy) is 2. The molecule has 0 bridgehead atoms. The number of rotatable bonds is 8. The summed E-state index contributed by atoms with van der Waals surface area (Å²) in [6.07, 6.45) is 8.52. The number of carbonyl (C=O) groups excluding carboxylic acids is 1. The average Bonchev–Trinajstić information content (AvgIpc) is 2.66. The predicted octanol–water partition coefficient (Wildman–Crippen LogP) is 3.20. The Morgan fingerprint density at radius 3 is 2.68 bits per heavy atom. The molecule has 0 radical (unpaired) electrons. The summed E-state index contributed by atoms with van der Waals surface area (Å²) in [5.74, 6) is 1.43. The Balaban J connectivity index is 1.82. The first kappa shape index (κ1) is 18.5. The third kappa shape index (κ3) is 5.64. The van der Waals surface area contributed by atoms with Crippen molar-refractivity contribution in [1.29, 1.82) is 0 Å². The van der Waals surface area contributed by atoms with E-state index < -0.39 is 0 Å². The zero-order chi connectivity index (χ0) is 18.1. The number of benzene rings is 1. The van der Waals surface area contributed by atoms with Gasteiger partial charge >= 0.3 is 0 Å². The van der Waals surface area contributed by atoms with Crippen LogP contribution in [0.1, 0.15) is 17.5 Å². The van der Waals surface area contributed by atoms with E-state index in [0.717, 1.165) is 35.5 Å². The van der Waals surface area contributed by atoms with E-state index in [-0.39, 0.29) is 5.91 Å². The molecule has 0 fully saturated rings. The van der Waals surface area contributed by atoms with Crippen molar-refractivity contribution >= 4 is 12.0 Å². The lowest BCUT2D eigenvalue weighted by Crippen LogP contribution is -2.26. The standard InChI is InChI=1S/C20H24N2O3/c1-22(20(23)11-9-17-6-4-12-21-15-17)13-5-7-16-8-10-18(24-2)19(14-16)25-3/h4,6,8-12,14-15H,5,7,13H2,1-3H3. The minimum absolute atomic E-state index is 0.0174. The molecule has 132 valence electrons. The molecule has 5 heteroatoms. The van der Waals surface area contributed by atoms with E-state index in [1.54, 1.807) is 43.7 Å². The van der Waals surface area contributed by atoms with Crippen LogP contribution in [0.2, 0.25) is 0 Å². The predicted molar refractivity (Wildman–Crippen MR) is 98.8 cm³/mol. The molecule has 1 aromatic heterocycles. The van der Waals surface area contributed by atoms with Crippen LogP contribution in [-0.4, -0.2) is 43.6 Å². The highest BCUT2D eigenvalue weighted by molar-refractivity contribution is 5.91. The summed E-state index contributed by atoms with van der Waals surface area (Å²) in [6.45, 7) is 0.685. The molecule has 1 aromatic carbocycles. The fourth-order valence-electron chi connectivity index (χ4n) is 2.44. The highest BCUT2D eigenvalue weighted by Gasteiger charge is 2.07. The quantitative estimate of drug-likeness (QED) is 0.693. The molecular formula is C20H24N2O3. The second-order valence-electron chi connectivity index (χ2n) is 5.67. The summed E-state index contributed by atoms with van der Waals surface area (Å²) in [7, 11) is 5.06. The molecule has 2 aromatic rings. The first-order valence-corrected chi connectivity index (χ1v) is 8.18. The Morgan fingerprint density at radius 1 is 1.20 bits per heavy atom. The van der Waals surface area contributed by atoms with Gasteiger partial charge in [-0.1, -0.05) is 12.1 Å². The van der Waals surface area contributed by atoms with E-state index in [1.165, 1.54) is 0 Å². The van der Waals surface area contributed by atoms with Crippen molar-refractivity contribution in [1.82, 2.24) is 9.88 Å². The Kier molecular flexibility index (Phi) is 7.01. The van der Waals surface area contributed by atoms with Crippen LogP contribution >= 0.6 is 0 Å². The van der Waals surface area contributed by atoms with Crippen LogP contribution < -0.4 is 9.47 Å². The topological polar surface area (TPSA) is 51.7 Å². The van der Waals surface area contributed by atoms with E-state index in [4.69, 9.17) is 9.47 Å². The number of hydrogen-bond acceptors (Lipinski definition) is 4. The van der Waals surface area contributed by atoms with Crippen LogP contribution in [0.3, 0.4) is 0 Å². The smallest absolute Gasteiger partial charge is 0.246 e. The van der Waals surface area contributed by atoms with Gasteiger partial charge in [0.05, 0.1) is 14.2 Å². The number of pyridine rings is 1. The van der Waals surface area contributed by atoms with Gasteiger partial charge in [0, 0.05) is 32.1 Å². The van der Waals surface area contributed by atoms with Gasteiger partial charge < -0.3 is 14.4 Å². The van der Waals surface area contributed by atoms with Crippen LogP contribution in [0.15, 0.2) is 48.8 Å². The fraction of sp³-hybridized carbons (Fsp3) is 0.300. The van der Waals surface area contributed by atoms with Gasteiger partial charge in [-0.05, 0) is 48.2 Å². The van der Waals surface area contributed by atoms with Crippen molar-refractivity contribution in [2.45, 2.75) is 12.8 Å². The van der Waals surface area contributed by atoms with Gasteiger partial charge in [-0.25, -0.2) is 0 Å². The largest absolute Gasteiger partial charge is 0.493 e. The summed E-state index contributed by atoms with van der Waals surface area (Å²) >= 11 is 0. The Morgan fingerprint density at radius 2 is 2.00 bits per heavy atom. The minimum atomic E-state index is -0.0174. The molecule has 1 heterocycles. The Bertz CT molecular complexity index is 714. The molecule has 0 spiro atoms. The van der Waals surface area contributed by atoms with Crippen molar-refractivity contribution < 1.29 is 14.3 Å². The number of aryl methyl sites for hydroxylation is 1. The molecule has 25 heavy (non-hydrogen) atoms. The molecule has 0 atom stereocenters. The SMILES string of the molecule is COc1ccc(CCCN(C)C(=O)C=Cc2cccnc2)cc1OC. The van der Waals surface area contributed by atoms with Crippen LogP contribution in [0, 0.1) is 0 Å². The zero-order valence-electron chi connectivity index (χ0n) is 14.9. The number of likely N-dealkylation sites (N-methyl/N-ethyl adjacent to an activating group) is 1. The van der Waals surface area contributed by atoms with Crippen molar-refractivity contribution in [3.8, 4) is 11.5 Å². The summed E-state index contributed by atoms with van der Waals surface area (Å²) in [5.41, 5.74) is 2.07. The van der Waals surface area contributed by atoms with Gasteiger partial charge in [-0.2, -0.15) is 0 Å². The highest BCUT2D eigenvalue weighted by Crippen LogP contribution is 2.27. The van der Waals surface area contributed by atoms with E-state index in [9.17, 15) is 4.79 Å². The van der Waals surface area contributed by atoms with E-state index >= 15 is 0 Å². The van der Waals surface area contributed by atoms with E-state index in [1.807, 2.05) is 37.4 Å². The van der Waals surface area contributed by atoms with Crippen LogP contribution in [0.25, 0.3) is 6.08 Å². The lowest BCUT2D eigenvalue weighted by atomic mass is 10.1. The van der Waals surface area contributed by atoms with Gasteiger partial charge in [0.25, 0.3) is 0 Å². The first-order valence-electron chi connectivity index (χ1n) is 8.18. The first-order chi connectivity index (χ1) is 12.1. The van der Waals surface area contributed by atoms with Crippen molar-refractivity contribution in [2.75, 3.05) is 27.8 Å². The van der Waals surface area contributed by atoms with Crippen molar-refractivity contribution in [2.24, 2.45) is 0 Å². The van der Waals surface area contributed by atoms with E-state index in [2.05, 4.69) is 4.98 Å². The average molecular weight is 340 g/mol. The molecule has 5 nitrogen and oxygen atoms in total. The highest BCUT2D eigenvalue weighted by atomic mass is 16.5. The normalized spacial score (nSPS) is 10.7. The molecule has 0 unspecified atom stereocenters. The van der Waals surface area contributed by atoms with Gasteiger partial charge in [0.2, 0.25) is 5.91 Å². The molecule has 0 N–H and O–H groups in total. The number of aromatic nitrogens is 1. The summed E-state index contributed by atoms with van der Waals surface area (Å²) in [5, 5.41) is 0. The Hall–Kier alpha value is -2.82. The van der Waals surface area contributed by atoms with Gasteiger partial charge in [0.15, 0.2) is 11.5 Å². The maximum absolute atomic E-state index is 12.1. The summed E-state index contributed by atoms with van der Waals surface area (Å²) in [6, 6.07) is 9.65. The van der Waals surface area contributed by atoms with Gasteiger partial charge in [0.1, 0.15) is 0 Å². The molecule has 0 saturated heterocycles. The molecule has 1 amide bonds. The summed E-state index contributed by atoms with van der Waals surface area (Å²) in [4.78, 5) is 17.9. The van der Waals surface area contributed by atoms with Gasteiger partial charge in [-0.15, -0.1) is 0 Å².